The third kappa shape index (κ3) is 4.19. The molecule has 0 radical (unpaired) electrons. The Bertz CT molecular complexity index is 779. The van der Waals surface area contributed by atoms with Crippen LogP contribution in [0.2, 0.25) is 0 Å². The zero-order chi connectivity index (χ0) is 19.2. The van der Waals surface area contributed by atoms with Crippen molar-refractivity contribution in [1.82, 2.24) is 10.2 Å². The smallest absolute Gasteiger partial charge is 0.169 e. The normalized spacial score (nSPS) is 15.8. The Morgan fingerprint density at radius 3 is 2.52 bits per heavy atom. The molecule has 0 saturated carbocycles. The van der Waals surface area contributed by atoms with Crippen LogP contribution in [0.4, 0.5) is 0 Å². The summed E-state index contributed by atoms with van der Waals surface area (Å²) in [4.78, 5) is 2.30. The lowest BCUT2D eigenvalue weighted by molar-refractivity contribution is 0.324. The van der Waals surface area contributed by atoms with Crippen molar-refractivity contribution in [2.45, 2.75) is 32.2 Å². The number of hydrogen-bond donors (Lipinski definition) is 1. The van der Waals surface area contributed by atoms with Gasteiger partial charge in [0.25, 0.3) is 0 Å². The van der Waals surface area contributed by atoms with Crippen molar-refractivity contribution in [3.05, 3.63) is 59.2 Å². The van der Waals surface area contributed by atoms with Crippen molar-refractivity contribution < 1.29 is 9.47 Å². The fraction of sp³-hybridized carbons (Fsp3) is 0.409. The minimum absolute atomic E-state index is 0.0661. The molecule has 2 aromatic carbocycles. The summed E-state index contributed by atoms with van der Waals surface area (Å²) in [6, 6.07) is 14.8. The Hall–Kier alpha value is -2.27. The van der Waals surface area contributed by atoms with Gasteiger partial charge in [-0.05, 0) is 53.9 Å². The van der Waals surface area contributed by atoms with Crippen molar-refractivity contribution in [3.63, 3.8) is 0 Å². The zero-order valence-electron chi connectivity index (χ0n) is 16.3. The average Bonchev–Trinajstić information content (AvgIpc) is 2.72. The van der Waals surface area contributed by atoms with Gasteiger partial charge in [-0.15, -0.1) is 0 Å². The van der Waals surface area contributed by atoms with Gasteiger partial charge >= 0.3 is 0 Å². The maximum atomic E-state index is 5.76. The van der Waals surface area contributed by atoms with Gasteiger partial charge in [0.2, 0.25) is 0 Å². The predicted molar refractivity (Wildman–Crippen MR) is 114 cm³/mol. The van der Waals surface area contributed by atoms with Gasteiger partial charge in [-0.25, -0.2) is 0 Å². The summed E-state index contributed by atoms with van der Waals surface area (Å²) in [7, 11) is 3.36. The van der Waals surface area contributed by atoms with Crippen molar-refractivity contribution in [2.24, 2.45) is 0 Å². The molecule has 2 aromatic rings. The molecule has 27 heavy (non-hydrogen) atoms. The molecule has 0 saturated heterocycles. The number of rotatable bonds is 6. The number of ether oxygens (including phenoxy) is 2. The molecule has 0 spiro atoms. The quantitative estimate of drug-likeness (QED) is 0.592. The van der Waals surface area contributed by atoms with Crippen LogP contribution < -0.4 is 14.8 Å². The summed E-state index contributed by atoms with van der Waals surface area (Å²) >= 11 is 5.76. The van der Waals surface area contributed by atoms with Crippen LogP contribution in [0.5, 0.6) is 11.5 Å². The Labute approximate surface area is 167 Å². The highest BCUT2D eigenvalue weighted by atomic mass is 32.1. The summed E-state index contributed by atoms with van der Waals surface area (Å²) in [6.45, 7) is 3.97. The maximum absolute atomic E-state index is 5.76. The number of nitrogens with one attached hydrogen (secondary N) is 1. The monoisotopic (exact) mass is 384 g/mol. The first kappa shape index (κ1) is 19.5. The molecule has 0 aliphatic carbocycles. The number of fused-ring (bicyclic) bond motifs is 1. The van der Waals surface area contributed by atoms with E-state index in [1.165, 1.54) is 16.7 Å². The molecule has 3 rings (SSSR count). The van der Waals surface area contributed by atoms with Crippen LogP contribution in [0.1, 0.15) is 42.5 Å². The lowest BCUT2D eigenvalue weighted by Crippen LogP contribution is -2.46. The molecule has 1 aliphatic heterocycles. The molecule has 5 heteroatoms. The summed E-state index contributed by atoms with van der Waals surface area (Å²) in [5.41, 5.74) is 3.74. The van der Waals surface area contributed by atoms with E-state index in [0.717, 1.165) is 49.0 Å². The van der Waals surface area contributed by atoms with Crippen molar-refractivity contribution >= 4 is 17.3 Å². The van der Waals surface area contributed by atoms with Gasteiger partial charge in [0.1, 0.15) is 0 Å². The first-order valence-corrected chi connectivity index (χ1v) is 9.94. The molecule has 0 aromatic heterocycles. The topological polar surface area (TPSA) is 33.7 Å². The molecule has 4 nitrogen and oxygen atoms in total. The predicted octanol–water partition coefficient (Wildman–Crippen LogP) is 4.33. The second kappa shape index (κ2) is 9.09. The Morgan fingerprint density at radius 2 is 1.85 bits per heavy atom. The number of benzene rings is 2. The molecule has 1 aliphatic rings. The van der Waals surface area contributed by atoms with Crippen LogP contribution in [0.3, 0.4) is 0 Å². The number of hydrogen-bond acceptors (Lipinski definition) is 3. The van der Waals surface area contributed by atoms with Crippen molar-refractivity contribution in [3.8, 4) is 11.5 Å². The van der Waals surface area contributed by atoms with E-state index < -0.39 is 0 Å². The lowest BCUT2D eigenvalue weighted by atomic mass is 9.88. The number of methoxy groups -OCH3 is 2. The van der Waals surface area contributed by atoms with Gasteiger partial charge in [-0.1, -0.05) is 43.7 Å². The fourth-order valence-corrected chi connectivity index (χ4v) is 3.93. The summed E-state index contributed by atoms with van der Waals surface area (Å²) in [5.74, 6) is 1.53. The minimum Gasteiger partial charge on any atom is -0.493 e. The van der Waals surface area contributed by atoms with E-state index in [1.54, 1.807) is 14.2 Å². The first-order valence-electron chi connectivity index (χ1n) is 9.53. The van der Waals surface area contributed by atoms with Crippen LogP contribution in [0.25, 0.3) is 0 Å². The Kier molecular flexibility index (Phi) is 6.56. The third-order valence-electron chi connectivity index (χ3n) is 5.06. The second-order valence-corrected chi connectivity index (χ2v) is 7.13. The van der Waals surface area contributed by atoms with Gasteiger partial charge in [0.15, 0.2) is 16.6 Å². The maximum Gasteiger partial charge on any atom is 0.169 e. The molecule has 144 valence electrons. The SMILES string of the molecule is CCCCNC(=S)N1CCc2cc(OC)c(OC)cc2C1c1ccccc1. The van der Waals surface area contributed by atoms with Gasteiger partial charge in [-0.3, -0.25) is 0 Å². The van der Waals surface area contributed by atoms with Crippen LogP contribution >= 0.6 is 12.2 Å². The molecule has 0 fully saturated rings. The van der Waals surface area contributed by atoms with Crippen LogP contribution in [-0.4, -0.2) is 37.3 Å². The van der Waals surface area contributed by atoms with E-state index in [0.29, 0.717) is 0 Å². The first-order chi connectivity index (χ1) is 13.2. The average molecular weight is 385 g/mol. The fourth-order valence-electron chi connectivity index (χ4n) is 3.63. The van der Waals surface area contributed by atoms with E-state index in [2.05, 4.69) is 53.5 Å². The number of nitrogens with zero attached hydrogens (tertiary/aromatic N) is 1. The van der Waals surface area contributed by atoms with Gasteiger partial charge < -0.3 is 19.7 Å². The van der Waals surface area contributed by atoms with E-state index in [-0.39, 0.29) is 6.04 Å². The van der Waals surface area contributed by atoms with Crippen LogP contribution in [0, 0.1) is 0 Å². The van der Waals surface area contributed by atoms with Gasteiger partial charge in [-0.2, -0.15) is 0 Å². The third-order valence-corrected chi connectivity index (χ3v) is 5.44. The van der Waals surface area contributed by atoms with E-state index in [4.69, 9.17) is 21.7 Å². The molecular formula is C22H28N2O2S. The molecule has 1 N–H and O–H groups in total. The minimum atomic E-state index is 0.0661. The second-order valence-electron chi connectivity index (χ2n) is 6.75. The summed E-state index contributed by atoms with van der Waals surface area (Å²) in [6.07, 6.45) is 3.19. The number of thiocarbonyl (C=S) groups is 1. The standard InChI is InChI=1S/C22H28N2O2S/c1-4-5-12-23-22(27)24-13-11-17-14-19(25-2)20(26-3)15-18(17)21(24)16-9-7-6-8-10-16/h6-10,14-15,21H,4-5,11-13H2,1-3H3,(H,23,27). The van der Waals surface area contributed by atoms with Crippen LogP contribution in [0.15, 0.2) is 42.5 Å². The van der Waals surface area contributed by atoms with Crippen molar-refractivity contribution in [2.75, 3.05) is 27.3 Å². The summed E-state index contributed by atoms with van der Waals surface area (Å²) in [5, 5.41) is 4.25. The number of unbranched alkanes of at least 4 members (excludes halogenated alkanes) is 1. The van der Waals surface area contributed by atoms with E-state index in [9.17, 15) is 0 Å². The van der Waals surface area contributed by atoms with Gasteiger partial charge in [0.05, 0.1) is 20.3 Å². The van der Waals surface area contributed by atoms with E-state index in [1.807, 2.05) is 6.07 Å². The largest absolute Gasteiger partial charge is 0.493 e. The highest BCUT2D eigenvalue weighted by Gasteiger charge is 2.31. The molecule has 1 unspecified atom stereocenters. The van der Waals surface area contributed by atoms with E-state index >= 15 is 0 Å². The highest BCUT2D eigenvalue weighted by molar-refractivity contribution is 7.80. The molecule has 1 atom stereocenters. The van der Waals surface area contributed by atoms with Gasteiger partial charge in [0, 0.05) is 13.1 Å². The lowest BCUT2D eigenvalue weighted by Gasteiger charge is -2.39. The Morgan fingerprint density at radius 1 is 1.15 bits per heavy atom. The molecule has 0 bridgehead atoms. The zero-order valence-corrected chi connectivity index (χ0v) is 17.1. The highest BCUT2D eigenvalue weighted by Crippen LogP contribution is 2.40. The van der Waals surface area contributed by atoms with Crippen molar-refractivity contribution in [1.29, 1.82) is 0 Å². The molecule has 1 heterocycles. The van der Waals surface area contributed by atoms with Crippen LogP contribution in [-0.2, 0) is 6.42 Å². The summed E-state index contributed by atoms with van der Waals surface area (Å²) < 4.78 is 11.1. The Balaban J connectivity index is 2.02. The molecule has 0 amide bonds. The molecular weight excluding hydrogens is 356 g/mol.